The van der Waals surface area contributed by atoms with Gasteiger partial charge in [0, 0.05) is 6.54 Å². The number of rotatable bonds is 6. The summed E-state index contributed by atoms with van der Waals surface area (Å²) in [5, 5.41) is -0.390. The van der Waals surface area contributed by atoms with Crippen molar-refractivity contribution in [1.29, 1.82) is 0 Å². The lowest BCUT2D eigenvalue weighted by Crippen LogP contribution is -2.33. The Morgan fingerprint density at radius 2 is 1.62 bits per heavy atom. The summed E-state index contributed by atoms with van der Waals surface area (Å²) in [5.41, 5.74) is 2.63. The lowest BCUT2D eigenvalue weighted by atomic mass is 9.85. The van der Waals surface area contributed by atoms with Gasteiger partial charge in [-0.25, -0.2) is 13.1 Å². The van der Waals surface area contributed by atoms with Crippen LogP contribution in [0, 0.1) is 0 Å². The second-order valence-electron chi connectivity index (χ2n) is 6.92. The first-order valence-corrected chi connectivity index (χ1v) is 9.21. The van der Waals surface area contributed by atoms with Gasteiger partial charge in [0.25, 0.3) is 0 Å². The molecule has 1 atom stereocenters. The summed E-state index contributed by atoms with van der Waals surface area (Å²) in [7, 11) is -3.19. The fraction of sp³-hybridized carbons (Fsp3) is 0.647. The Balaban J connectivity index is 2.82. The number of hydrogen-bond acceptors (Lipinski definition) is 2. The average Bonchev–Trinajstić information content (AvgIpc) is 2.38. The summed E-state index contributed by atoms with van der Waals surface area (Å²) < 4.78 is 26.4. The SMILES string of the molecule is CC[C@@H](CNS(=O)(=O)C(C)C)c1ccc(C(C)(C)C)cc1. The molecule has 120 valence electrons. The van der Waals surface area contributed by atoms with E-state index in [-0.39, 0.29) is 11.3 Å². The molecule has 0 saturated heterocycles. The van der Waals surface area contributed by atoms with Gasteiger partial charge in [0.05, 0.1) is 5.25 Å². The van der Waals surface area contributed by atoms with Crippen molar-refractivity contribution in [3.63, 3.8) is 0 Å². The van der Waals surface area contributed by atoms with Crippen molar-refractivity contribution in [3.05, 3.63) is 35.4 Å². The first-order chi connectivity index (χ1) is 9.58. The Kier molecular flexibility index (Phi) is 6.00. The minimum absolute atomic E-state index is 0.138. The molecule has 1 N–H and O–H groups in total. The maximum Gasteiger partial charge on any atom is 0.213 e. The minimum atomic E-state index is -3.19. The summed E-state index contributed by atoms with van der Waals surface area (Å²) in [6.45, 7) is 12.5. The molecule has 1 aromatic carbocycles. The van der Waals surface area contributed by atoms with Crippen molar-refractivity contribution >= 4 is 10.0 Å². The molecule has 0 heterocycles. The van der Waals surface area contributed by atoms with Crippen LogP contribution in [-0.2, 0) is 15.4 Å². The predicted molar refractivity (Wildman–Crippen MR) is 90.2 cm³/mol. The van der Waals surface area contributed by atoms with Crippen molar-refractivity contribution in [2.75, 3.05) is 6.54 Å². The third-order valence-corrected chi connectivity index (χ3v) is 5.70. The molecule has 0 amide bonds. The van der Waals surface area contributed by atoms with Gasteiger partial charge in [0.15, 0.2) is 0 Å². The highest BCUT2D eigenvalue weighted by Crippen LogP contribution is 2.25. The van der Waals surface area contributed by atoms with E-state index >= 15 is 0 Å². The summed E-state index contributed by atoms with van der Waals surface area (Å²) in [4.78, 5) is 0. The van der Waals surface area contributed by atoms with Crippen LogP contribution in [-0.4, -0.2) is 20.2 Å². The van der Waals surface area contributed by atoms with Gasteiger partial charge in [-0.1, -0.05) is 52.0 Å². The molecule has 1 rings (SSSR count). The first kappa shape index (κ1) is 18.2. The zero-order valence-electron chi connectivity index (χ0n) is 14.1. The average molecular weight is 311 g/mol. The molecule has 0 aliphatic carbocycles. The fourth-order valence-corrected chi connectivity index (χ4v) is 2.90. The lowest BCUT2D eigenvalue weighted by molar-refractivity contribution is 0.557. The topological polar surface area (TPSA) is 46.2 Å². The third-order valence-electron chi connectivity index (χ3n) is 3.89. The van der Waals surface area contributed by atoms with Crippen molar-refractivity contribution in [2.24, 2.45) is 0 Å². The van der Waals surface area contributed by atoms with E-state index in [0.29, 0.717) is 6.54 Å². The van der Waals surface area contributed by atoms with Crippen LogP contribution in [0.25, 0.3) is 0 Å². The molecule has 0 saturated carbocycles. The van der Waals surface area contributed by atoms with Gasteiger partial charge in [-0.05, 0) is 42.7 Å². The van der Waals surface area contributed by atoms with Gasteiger partial charge >= 0.3 is 0 Å². The highest BCUT2D eigenvalue weighted by atomic mass is 32.2. The summed E-state index contributed by atoms with van der Waals surface area (Å²) in [6, 6.07) is 8.54. The standard InChI is InChI=1S/C17H29NO2S/c1-7-14(12-18-21(19,20)13(2)3)15-8-10-16(11-9-15)17(4,5)6/h8-11,13-14,18H,7,12H2,1-6H3/t14-/m0/s1. The Labute approximate surface area is 130 Å². The molecule has 4 heteroatoms. The molecular formula is C17H29NO2S. The second-order valence-corrected chi connectivity index (χ2v) is 9.24. The normalized spacial score (nSPS) is 14.4. The Bertz CT molecular complexity index is 539. The van der Waals surface area contributed by atoms with E-state index in [0.717, 1.165) is 6.42 Å². The maximum atomic E-state index is 11.9. The van der Waals surface area contributed by atoms with Gasteiger partial charge in [0.2, 0.25) is 10.0 Å². The number of sulfonamides is 1. The van der Waals surface area contributed by atoms with E-state index < -0.39 is 15.3 Å². The lowest BCUT2D eigenvalue weighted by Gasteiger charge is -2.21. The van der Waals surface area contributed by atoms with E-state index in [9.17, 15) is 8.42 Å². The number of benzene rings is 1. The molecule has 0 aromatic heterocycles. The summed E-state index contributed by atoms with van der Waals surface area (Å²) >= 11 is 0. The van der Waals surface area contributed by atoms with E-state index in [1.807, 2.05) is 0 Å². The van der Waals surface area contributed by atoms with Crippen LogP contribution in [0.1, 0.15) is 65.0 Å². The zero-order chi connectivity index (χ0) is 16.3. The van der Waals surface area contributed by atoms with Crippen LogP contribution in [0.2, 0.25) is 0 Å². The maximum absolute atomic E-state index is 11.9. The Morgan fingerprint density at radius 1 is 1.10 bits per heavy atom. The van der Waals surface area contributed by atoms with Gasteiger partial charge in [-0.3, -0.25) is 0 Å². The van der Waals surface area contributed by atoms with Gasteiger partial charge in [0.1, 0.15) is 0 Å². The van der Waals surface area contributed by atoms with Crippen molar-refractivity contribution < 1.29 is 8.42 Å². The molecule has 21 heavy (non-hydrogen) atoms. The first-order valence-electron chi connectivity index (χ1n) is 7.67. The van der Waals surface area contributed by atoms with Crippen molar-refractivity contribution in [3.8, 4) is 0 Å². The van der Waals surface area contributed by atoms with Gasteiger partial charge in [-0.15, -0.1) is 0 Å². The monoisotopic (exact) mass is 311 g/mol. The van der Waals surface area contributed by atoms with Gasteiger partial charge < -0.3 is 0 Å². The molecule has 0 bridgehead atoms. The molecular weight excluding hydrogens is 282 g/mol. The molecule has 0 aliphatic rings. The largest absolute Gasteiger partial charge is 0.214 e. The summed E-state index contributed by atoms with van der Waals surface area (Å²) in [6.07, 6.45) is 0.912. The Morgan fingerprint density at radius 3 is 2.00 bits per heavy atom. The highest BCUT2D eigenvalue weighted by Gasteiger charge is 2.19. The smallest absolute Gasteiger partial charge is 0.213 e. The number of nitrogens with one attached hydrogen (secondary N) is 1. The van der Waals surface area contributed by atoms with E-state index in [2.05, 4.69) is 56.7 Å². The molecule has 1 aromatic rings. The minimum Gasteiger partial charge on any atom is -0.214 e. The molecule has 0 fully saturated rings. The van der Waals surface area contributed by atoms with Crippen molar-refractivity contribution in [2.45, 2.75) is 64.5 Å². The third kappa shape index (κ3) is 5.11. The highest BCUT2D eigenvalue weighted by molar-refractivity contribution is 7.90. The zero-order valence-corrected chi connectivity index (χ0v) is 14.9. The summed E-state index contributed by atoms with van der Waals surface area (Å²) in [5.74, 6) is 0.215. The quantitative estimate of drug-likeness (QED) is 0.868. The van der Waals surface area contributed by atoms with Gasteiger partial charge in [-0.2, -0.15) is 0 Å². The predicted octanol–water partition coefficient (Wildman–Crippen LogP) is 3.81. The number of hydrogen-bond donors (Lipinski definition) is 1. The van der Waals surface area contributed by atoms with E-state index in [1.165, 1.54) is 11.1 Å². The van der Waals surface area contributed by atoms with Crippen LogP contribution < -0.4 is 4.72 Å². The second kappa shape index (κ2) is 6.93. The van der Waals surface area contributed by atoms with Crippen LogP contribution in [0.15, 0.2) is 24.3 Å². The molecule has 0 radical (unpaired) electrons. The van der Waals surface area contributed by atoms with E-state index in [4.69, 9.17) is 0 Å². The van der Waals surface area contributed by atoms with Crippen LogP contribution in [0.4, 0.5) is 0 Å². The van der Waals surface area contributed by atoms with Crippen LogP contribution in [0.5, 0.6) is 0 Å². The molecule has 0 aliphatic heterocycles. The van der Waals surface area contributed by atoms with Crippen LogP contribution >= 0.6 is 0 Å². The molecule has 0 spiro atoms. The van der Waals surface area contributed by atoms with E-state index in [1.54, 1.807) is 13.8 Å². The fourth-order valence-electron chi connectivity index (χ4n) is 2.14. The molecule has 0 unspecified atom stereocenters. The van der Waals surface area contributed by atoms with Crippen LogP contribution in [0.3, 0.4) is 0 Å². The molecule has 3 nitrogen and oxygen atoms in total. The Hall–Kier alpha value is -0.870. The van der Waals surface area contributed by atoms with Crippen molar-refractivity contribution in [1.82, 2.24) is 4.72 Å².